The number of aliphatic imine (C=N–C) groups is 1. The number of piperidine rings is 1. The van der Waals surface area contributed by atoms with E-state index in [4.69, 9.17) is 0 Å². The van der Waals surface area contributed by atoms with Gasteiger partial charge < -0.3 is 10.6 Å². The molecule has 3 rings (SSSR count). The maximum Gasteiger partial charge on any atom is 0.401 e. The highest BCUT2D eigenvalue weighted by molar-refractivity contribution is 14.0. The normalized spacial score (nSPS) is 26.3. The van der Waals surface area contributed by atoms with Gasteiger partial charge in [0.25, 0.3) is 0 Å². The monoisotopic (exact) mass is 539 g/mol. The van der Waals surface area contributed by atoms with Crippen LogP contribution < -0.4 is 10.6 Å². The molecule has 1 aromatic carbocycles. The van der Waals surface area contributed by atoms with Crippen LogP contribution in [0.1, 0.15) is 31.7 Å². The molecule has 3 atom stereocenters. The van der Waals surface area contributed by atoms with Crippen molar-refractivity contribution in [3.8, 4) is 0 Å². The fourth-order valence-corrected chi connectivity index (χ4v) is 4.31. The molecule has 2 heterocycles. The molecule has 2 N–H and O–H groups in total. The van der Waals surface area contributed by atoms with Crippen molar-refractivity contribution < 1.29 is 13.2 Å². The zero-order chi connectivity index (χ0) is 20.9. The van der Waals surface area contributed by atoms with Crippen LogP contribution in [0.4, 0.5) is 13.2 Å². The fraction of sp³-hybridized carbons (Fsp3) is 0.667. The molecule has 0 spiro atoms. The first-order chi connectivity index (χ1) is 13.8. The molecule has 0 aromatic heterocycles. The van der Waals surface area contributed by atoms with Crippen LogP contribution in [0, 0.1) is 0 Å². The maximum atomic E-state index is 12.6. The minimum atomic E-state index is -4.14. The van der Waals surface area contributed by atoms with Crippen LogP contribution in [0.25, 0.3) is 0 Å². The molecule has 3 unspecified atom stereocenters. The molecular weight excluding hydrogens is 506 g/mol. The lowest BCUT2D eigenvalue weighted by molar-refractivity contribution is -0.143. The second kappa shape index (κ2) is 11.5. The highest BCUT2D eigenvalue weighted by atomic mass is 127. The second-order valence-corrected chi connectivity index (χ2v) is 8.22. The summed E-state index contributed by atoms with van der Waals surface area (Å²) < 4.78 is 37.7. The van der Waals surface area contributed by atoms with Gasteiger partial charge in [0.2, 0.25) is 0 Å². The smallest absolute Gasteiger partial charge is 0.354 e. The summed E-state index contributed by atoms with van der Waals surface area (Å²) in [5.41, 5.74) is 1.33. The number of hydrogen-bond donors (Lipinski definition) is 2. The number of guanidine groups is 1. The van der Waals surface area contributed by atoms with Gasteiger partial charge in [-0.05, 0) is 31.7 Å². The van der Waals surface area contributed by atoms with Gasteiger partial charge in [0.15, 0.2) is 5.96 Å². The Hall–Kier alpha value is -1.07. The Morgan fingerprint density at radius 3 is 2.40 bits per heavy atom. The Morgan fingerprint density at radius 1 is 1.10 bits per heavy atom. The molecule has 0 saturated carbocycles. The van der Waals surface area contributed by atoms with Crippen LogP contribution in [0.15, 0.2) is 35.3 Å². The second-order valence-electron chi connectivity index (χ2n) is 8.22. The minimum Gasteiger partial charge on any atom is -0.354 e. The number of alkyl halides is 3. The van der Waals surface area contributed by atoms with Gasteiger partial charge in [0.1, 0.15) is 0 Å². The van der Waals surface area contributed by atoms with Crippen molar-refractivity contribution in [3.05, 3.63) is 35.9 Å². The Balaban J connectivity index is 0.00000320. The summed E-state index contributed by atoms with van der Waals surface area (Å²) in [6.07, 6.45) is -1.41. The summed E-state index contributed by atoms with van der Waals surface area (Å²) in [5, 5.41) is 6.79. The van der Waals surface area contributed by atoms with Crippen molar-refractivity contribution in [3.63, 3.8) is 0 Å². The Morgan fingerprint density at radius 2 is 1.77 bits per heavy atom. The van der Waals surface area contributed by atoms with Crippen LogP contribution in [0.3, 0.4) is 0 Å². The number of nitrogens with zero attached hydrogens (tertiary/aromatic N) is 3. The van der Waals surface area contributed by atoms with Crippen molar-refractivity contribution in [2.75, 3.05) is 33.2 Å². The van der Waals surface area contributed by atoms with Gasteiger partial charge in [-0.1, -0.05) is 30.3 Å². The molecule has 30 heavy (non-hydrogen) atoms. The van der Waals surface area contributed by atoms with Crippen LogP contribution in [0.2, 0.25) is 0 Å². The fourth-order valence-electron chi connectivity index (χ4n) is 4.31. The highest BCUT2D eigenvalue weighted by Crippen LogP contribution is 2.21. The van der Waals surface area contributed by atoms with E-state index in [1.165, 1.54) is 10.5 Å². The number of likely N-dealkylation sites (tertiary alicyclic amines) is 2. The first-order valence-corrected chi connectivity index (χ1v) is 10.4. The molecule has 9 heteroatoms. The van der Waals surface area contributed by atoms with Crippen LogP contribution in [0.5, 0.6) is 0 Å². The first-order valence-electron chi connectivity index (χ1n) is 10.4. The Labute approximate surface area is 194 Å². The maximum absolute atomic E-state index is 12.6. The van der Waals surface area contributed by atoms with Crippen LogP contribution in [-0.4, -0.2) is 73.3 Å². The molecule has 1 aromatic rings. The van der Waals surface area contributed by atoms with E-state index in [-0.39, 0.29) is 30.0 Å². The molecular formula is C21H33F3IN5. The average Bonchev–Trinajstić information content (AvgIpc) is 3.09. The summed E-state index contributed by atoms with van der Waals surface area (Å²) in [6, 6.07) is 11.3. The Kier molecular flexibility index (Phi) is 9.67. The predicted molar refractivity (Wildman–Crippen MR) is 125 cm³/mol. The van der Waals surface area contributed by atoms with Crippen LogP contribution >= 0.6 is 24.0 Å². The quantitative estimate of drug-likeness (QED) is 0.342. The van der Waals surface area contributed by atoms with Gasteiger partial charge in [0, 0.05) is 51.4 Å². The van der Waals surface area contributed by atoms with Gasteiger partial charge in [-0.15, -0.1) is 24.0 Å². The van der Waals surface area contributed by atoms with Gasteiger partial charge in [-0.2, -0.15) is 13.2 Å². The summed E-state index contributed by atoms with van der Waals surface area (Å²) in [4.78, 5) is 8.25. The lowest BCUT2D eigenvalue weighted by Crippen LogP contribution is -2.53. The third kappa shape index (κ3) is 7.88. The van der Waals surface area contributed by atoms with Gasteiger partial charge in [-0.25, -0.2) is 0 Å². The number of rotatable bonds is 5. The molecule has 170 valence electrons. The van der Waals surface area contributed by atoms with Crippen molar-refractivity contribution in [2.24, 2.45) is 4.99 Å². The minimum absolute atomic E-state index is 0. The molecule has 5 nitrogen and oxygen atoms in total. The highest BCUT2D eigenvalue weighted by Gasteiger charge is 2.34. The molecule has 0 aliphatic carbocycles. The molecule has 0 radical (unpaired) electrons. The van der Waals surface area contributed by atoms with E-state index >= 15 is 0 Å². The average molecular weight is 539 g/mol. The summed E-state index contributed by atoms with van der Waals surface area (Å²) in [7, 11) is 1.71. The van der Waals surface area contributed by atoms with Crippen molar-refractivity contribution in [1.29, 1.82) is 0 Å². The summed E-state index contributed by atoms with van der Waals surface area (Å²) >= 11 is 0. The van der Waals surface area contributed by atoms with Gasteiger partial charge >= 0.3 is 6.18 Å². The third-order valence-corrected chi connectivity index (χ3v) is 5.82. The molecule has 2 aliphatic heterocycles. The van der Waals surface area contributed by atoms with Gasteiger partial charge in [0.05, 0.1) is 6.54 Å². The Bertz CT molecular complexity index is 670. The van der Waals surface area contributed by atoms with E-state index in [0.29, 0.717) is 37.6 Å². The largest absolute Gasteiger partial charge is 0.401 e. The van der Waals surface area contributed by atoms with Crippen LogP contribution in [-0.2, 0) is 6.54 Å². The number of halogens is 4. The van der Waals surface area contributed by atoms with Crippen molar-refractivity contribution in [1.82, 2.24) is 20.4 Å². The van der Waals surface area contributed by atoms with E-state index in [1.807, 2.05) is 6.07 Å². The molecule has 2 fully saturated rings. The first kappa shape index (κ1) is 25.2. The van der Waals surface area contributed by atoms with E-state index < -0.39 is 12.7 Å². The zero-order valence-electron chi connectivity index (χ0n) is 17.7. The van der Waals surface area contributed by atoms with Crippen molar-refractivity contribution >= 4 is 29.9 Å². The molecule has 0 bridgehead atoms. The summed E-state index contributed by atoms with van der Waals surface area (Å²) in [6.45, 7) is 4.23. The zero-order valence-corrected chi connectivity index (χ0v) is 20.0. The molecule has 0 amide bonds. The van der Waals surface area contributed by atoms with E-state index in [1.54, 1.807) is 7.05 Å². The number of hydrogen-bond acceptors (Lipinski definition) is 3. The predicted octanol–water partition coefficient (Wildman–Crippen LogP) is 3.46. The van der Waals surface area contributed by atoms with E-state index in [9.17, 15) is 13.2 Å². The lowest BCUT2D eigenvalue weighted by Gasteiger charge is -2.38. The summed E-state index contributed by atoms with van der Waals surface area (Å²) in [5.74, 6) is 0.692. The SMILES string of the molecule is CN=C(NC1CCN(Cc2ccccc2)C(C)C1)NC1CCN(CC(F)(F)F)C1.I. The van der Waals surface area contributed by atoms with E-state index in [2.05, 4.69) is 51.7 Å². The van der Waals surface area contributed by atoms with Gasteiger partial charge in [-0.3, -0.25) is 14.8 Å². The standard InChI is InChI=1S/C21H32F3N5.HI/c1-16-12-18(9-11-29(16)13-17-6-4-3-5-7-17)26-20(25-2)27-19-8-10-28(14-19)15-21(22,23)24;/h3-7,16,18-19H,8-15H2,1-2H3,(H2,25,26,27);1H. The topological polar surface area (TPSA) is 42.9 Å². The lowest BCUT2D eigenvalue weighted by atomic mass is 9.97. The molecule has 2 aliphatic rings. The third-order valence-electron chi connectivity index (χ3n) is 5.82. The molecule has 2 saturated heterocycles. The van der Waals surface area contributed by atoms with Crippen molar-refractivity contribution in [2.45, 2.75) is 57.0 Å². The number of benzene rings is 1. The number of nitrogens with one attached hydrogen (secondary N) is 2. The van der Waals surface area contributed by atoms with E-state index in [0.717, 1.165) is 25.9 Å².